The maximum atomic E-state index is 16.4. The molecule has 3 fully saturated rings. The van der Waals surface area contributed by atoms with Crippen molar-refractivity contribution in [2.24, 2.45) is 0 Å². The smallest absolute Gasteiger partial charge is 0.418 e. The normalized spacial score (nSPS) is 24.4. The van der Waals surface area contributed by atoms with Crippen LogP contribution in [0.5, 0.6) is 6.01 Å². The fourth-order valence-electron chi connectivity index (χ4n) is 6.64. The molecule has 0 spiro atoms. The number of nitrogens with zero attached hydrogens (tertiary/aromatic N) is 6. The van der Waals surface area contributed by atoms with Gasteiger partial charge in [0.25, 0.3) is 0 Å². The number of aryl methyl sites for hydroxylation is 1. The minimum absolute atomic E-state index is 0.0400. The molecule has 0 radical (unpaired) electrons. The van der Waals surface area contributed by atoms with Gasteiger partial charge in [0, 0.05) is 45.8 Å². The van der Waals surface area contributed by atoms with Crippen LogP contribution in [0.3, 0.4) is 0 Å². The number of alkyl halides is 4. The first-order valence-corrected chi connectivity index (χ1v) is 14.1. The largest absolute Gasteiger partial charge is 0.461 e. The van der Waals surface area contributed by atoms with Crippen molar-refractivity contribution in [1.29, 1.82) is 0 Å². The first-order valence-electron chi connectivity index (χ1n) is 14.1. The number of likely N-dealkylation sites (N-methyl/N-ethyl adjacent to an activating group) is 1. The predicted octanol–water partition coefficient (Wildman–Crippen LogP) is 4.35. The van der Waals surface area contributed by atoms with Crippen molar-refractivity contribution in [2.45, 2.75) is 56.5 Å². The van der Waals surface area contributed by atoms with E-state index in [1.54, 1.807) is 0 Å². The van der Waals surface area contributed by atoms with Crippen molar-refractivity contribution in [1.82, 2.24) is 30.2 Å². The number of hydrogen-bond donors (Lipinski definition) is 2. The van der Waals surface area contributed by atoms with Gasteiger partial charge in [-0.25, -0.2) is 13.8 Å². The Morgan fingerprint density at radius 3 is 2.76 bits per heavy atom. The molecule has 0 amide bonds. The first kappa shape index (κ1) is 28.7. The zero-order valence-electron chi connectivity index (χ0n) is 23.7. The number of pyridine rings is 2. The lowest BCUT2D eigenvalue weighted by Gasteiger charge is -2.31. The number of anilines is 2. The van der Waals surface area contributed by atoms with Crippen molar-refractivity contribution in [3.8, 4) is 17.4 Å². The zero-order valence-corrected chi connectivity index (χ0v) is 23.7. The summed E-state index contributed by atoms with van der Waals surface area (Å²) >= 11 is 0. The third-order valence-corrected chi connectivity index (χ3v) is 8.77. The van der Waals surface area contributed by atoms with Crippen LogP contribution in [-0.2, 0) is 6.18 Å². The second kappa shape index (κ2) is 10.7. The van der Waals surface area contributed by atoms with Crippen LogP contribution in [0, 0.1) is 12.7 Å². The summed E-state index contributed by atoms with van der Waals surface area (Å²) in [7, 11) is 3.33. The summed E-state index contributed by atoms with van der Waals surface area (Å²) in [5.74, 6) is -0.572. The van der Waals surface area contributed by atoms with E-state index in [1.807, 2.05) is 11.9 Å². The van der Waals surface area contributed by atoms with Gasteiger partial charge in [0.15, 0.2) is 5.82 Å². The van der Waals surface area contributed by atoms with Gasteiger partial charge in [-0.05, 0) is 50.9 Å². The number of hydrogen-bond acceptors (Lipinski definition) is 9. The molecule has 226 valence electrons. The van der Waals surface area contributed by atoms with Gasteiger partial charge >= 0.3 is 12.2 Å². The number of halogens is 5. The van der Waals surface area contributed by atoms with E-state index in [0.717, 1.165) is 32.4 Å². The molecule has 6 heterocycles. The number of nitrogens with one attached hydrogen (secondary N) is 2. The molecule has 3 aliphatic rings. The van der Waals surface area contributed by atoms with E-state index in [9.17, 15) is 17.6 Å². The predicted molar refractivity (Wildman–Crippen MR) is 148 cm³/mol. The van der Waals surface area contributed by atoms with Gasteiger partial charge in [-0.2, -0.15) is 23.1 Å². The molecule has 3 aromatic heterocycles. The van der Waals surface area contributed by atoms with E-state index in [0.29, 0.717) is 25.3 Å². The highest BCUT2D eigenvalue weighted by atomic mass is 19.4. The van der Waals surface area contributed by atoms with E-state index in [1.165, 1.54) is 26.2 Å². The standard InChI is InChI=1S/C28H33F5N8O/c1-15-9-19(34-2)37-23(20(15)28(31,32)33)24-21(30)22-18(12-36-24)25(40(3)17-5-7-35-11-17)39-26(38-22)42-14-27-6-4-8-41(27)13-16(29)10-27/h9,12,16-17,35H,4-8,10-11,13-14H2,1-3H3,(H,34,37)/t16-,17-,27+/m1/s1. The highest BCUT2D eigenvalue weighted by Gasteiger charge is 2.49. The van der Waals surface area contributed by atoms with Crippen molar-refractivity contribution >= 4 is 22.5 Å². The summed E-state index contributed by atoms with van der Waals surface area (Å²) in [6.07, 6.45) is -1.64. The average Bonchev–Trinajstić information content (AvgIpc) is 3.67. The minimum Gasteiger partial charge on any atom is -0.461 e. The van der Waals surface area contributed by atoms with Crippen LogP contribution in [-0.4, -0.2) is 89.5 Å². The molecule has 6 rings (SSSR count). The molecular formula is C28H33F5N8O. The molecule has 2 N–H and O–H groups in total. The highest BCUT2D eigenvalue weighted by molar-refractivity contribution is 5.92. The molecule has 42 heavy (non-hydrogen) atoms. The molecule has 9 nitrogen and oxygen atoms in total. The van der Waals surface area contributed by atoms with Gasteiger partial charge in [-0.3, -0.25) is 9.88 Å². The van der Waals surface area contributed by atoms with E-state index in [4.69, 9.17) is 4.74 Å². The Kier molecular flexibility index (Phi) is 7.32. The maximum absolute atomic E-state index is 16.4. The third-order valence-electron chi connectivity index (χ3n) is 8.77. The molecule has 3 aromatic rings. The van der Waals surface area contributed by atoms with Crippen LogP contribution in [0.1, 0.15) is 36.8 Å². The summed E-state index contributed by atoms with van der Waals surface area (Å²) < 4.78 is 79.3. The maximum Gasteiger partial charge on any atom is 0.418 e. The first-order chi connectivity index (χ1) is 20.0. The number of rotatable bonds is 7. The number of ether oxygens (including phenoxy) is 1. The minimum atomic E-state index is -4.80. The third kappa shape index (κ3) is 4.97. The summed E-state index contributed by atoms with van der Waals surface area (Å²) in [6, 6.07) is 1.16. The van der Waals surface area contributed by atoms with Crippen molar-refractivity contribution in [3.63, 3.8) is 0 Å². The summed E-state index contributed by atoms with van der Waals surface area (Å²) in [4.78, 5) is 21.1. The zero-order chi connectivity index (χ0) is 29.8. The lowest BCUT2D eigenvalue weighted by Crippen LogP contribution is -2.43. The van der Waals surface area contributed by atoms with Gasteiger partial charge in [0.05, 0.1) is 16.5 Å². The van der Waals surface area contributed by atoms with E-state index < -0.39 is 40.7 Å². The molecule has 3 saturated heterocycles. The SMILES string of the molecule is CNc1cc(C)c(C(F)(F)F)c(-c2ncc3c(N(C)[C@@H]4CCNC4)nc(OC[C@@]45CCCN4C[C@H](F)C5)nc3c2F)n1. The fraction of sp³-hybridized carbons (Fsp3) is 0.571. The van der Waals surface area contributed by atoms with Crippen LogP contribution >= 0.6 is 0 Å². The molecular weight excluding hydrogens is 559 g/mol. The van der Waals surface area contributed by atoms with Crippen molar-refractivity contribution in [3.05, 3.63) is 29.2 Å². The van der Waals surface area contributed by atoms with Crippen LogP contribution in [0.15, 0.2) is 12.3 Å². The van der Waals surface area contributed by atoms with Crippen LogP contribution < -0.4 is 20.3 Å². The molecule has 0 saturated carbocycles. The Labute approximate surface area is 239 Å². The second-order valence-electron chi connectivity index (χ2n) is 11.4. The van der Waals surface area contributed by atoms with Crippen molar-refractivity contribution < 1.29 is 26.7 Å². The lowest BCUT2D eigenvalue weighted by molar-refractivity contribution is -0.137. The Hall–Kier alpha value is -3.39. The molecule has 0 bridgehead atoms. The monoisotopic (exact) mass is 592 g/mol. The van der Waals surface area contributed by atoms with E-state index in [2.05, 4.69) is 35.5 Å². The molecule has 3 atom stereocenters. The van der Waals surface area contributed by atoms with Gasteiger partial charge in [0.2, 0.25) is 0 Å². The lowest BCUT2D eigenvalue weighted by atomic mass is 9.95. The van der Waals surface area contributed by atoms with Gasteiger partial charge < -0.3 is 20.3 Å². The Morgan fingerprint density at radius 2 is 2.05 bits per heavy atom. The molecule has 0 aliphatic carbocycles. The van der Waals surface area contributed by atoms with Crippen LogP contribution in [0.2, 0.25) is 0 Å². The molecule has 0 aromatic carbocycles. The molecule has 0 unspecified atom stereocenters. The van der Waals surface area contributed by atoms with Gasteiger partial charge in [0.1, 0.15) is 41.3 Å². The molecule has 14 heteroatoms. The van der Waals surface area contributed by atoms with E-state index >= 15 is 4.39 Å². The Balaban J connectivity index is 1.48. The quantitative estimate of drug-likeness (QED) is 0.389. The number of fused-ring (bicyclic) bond motifs is 2. The summed E-state index contributed by atoms with van der Waals surface area (Å²) in [6.45, 7) is 4.00. The second-order valence-corrected chi connectivity index (χ2v) is 11.4. The topological polar surface area (TPSA) is 91.3 Å². The van der Waals surface area contributed by atoms with Gasteiger partial charge in [-0.15, -0.1) is 0 Å². The number of aromatic nitrogens is 4. The summed E-state index contributed by atoms with van der Waals surface area (Å²) in [5, 5.41) is 6.25. The average molecular weight is 593 g/mol. The fourth-order valence-corrected chi connectivity index (χ4v) is 6.64. The van der Waals surface area contributed by atoms with Gasteiger partial charge in [-0.1, -0.05) is 0 Å². The Bertz CT molecular complexity index is 1500. The summed E-state index contributed by atoms with van der Waals surface area (Å²) in [5.41, 5.74) is -3.12. The van der Waals surface area contributed by atoms with Crippen molar-refractivity contribution in [2.75, 3.05) is 57.1 Å². The Morgan fingerprint density at radius 1 is 1.24 bits per heavy atom. The van der Waals surface area contributed by atoms with Crippen LogP contribution in [0.25, 0.3) is 22.3 Å². The van der Waals surface area contributed by atoms with Crippen LogP contribution in [0.4, 0.5) is 33.6 Å². The highest BCUT2D eigenvalue weighted by Crippen LogP contribution is 2.42. The molecule has 3 aliphatic heterocycles. The van der Waals surface area contributed by atoms with E-state index in [-0.39, 0.29) is 40.9 Å².